The van der Waals surface area contributed by atoms with Gasteiger partial charge in [0, 0.05) is 0 Å². The maximum atomic E-state index is 11.9. The molecule has 1 N–H and O–H groups in total. The van der Waals surface area contributed by atoms with E-state index in [-0.39, 0.29) is 12.4 Å². The fraction of sp³-hybridized carbons (Fsp3) is 0.500. The summed E-state index contributed by atoms with van der Waals surface area (Å²) in [4.78, 5) is 0. The lowest BCUT2D eigenvalue weighted by molar-refractivity contribution is -0.186. The minimum atomic E-state index is -4.40. The molecule has 114 valence electrons. The third kappa shape index (κ3) is 5.56. The second kappa shape index (κ2) is 7.70. The lowest BCUT2D eigenvalue weighted by atomic mass is 10.2. The molecule has 0 fully saturated rings. The topological polar surface area (TPSA) is 47.9 Å². The smallest absolute Gasteiger partial charge is 0.411 e. The van der Waals surface area contributed by atoms with Crippen LogP contribution in [0.5, 0.6) is 11.5 Å². The monoisotopic (exact) mass is 358 g/mol. The summed E-state index contributed by atoms with van der Waals surface area (Å²) in [6.07, 6.45) is -4.40. The van der Waals surface area contributed by atoms with Crippen LogP contribution in [0.1, 0.15) is 12.5 Å². The fourth-order valence-electron chi connectivity index (χ4n) is 1.37. The van der Waals surface area contributed by atoms with E-state index >= 15 is 0 Å². The summed E-state index contributed by atoms with van der Waals surface area (Å²) in [5.74, 6) is 0.549. The highest BCUT2D eigenvalue weighted by molar-refractivity contribution is 9.10. The lowest BCUT2D eigenvalue weighted by Gasteiger charge is -2.15. The lowest BCUT2D eigenvalue weighted by Crippen LogP contribution is -2.19. The molecule has 1 aromatic rings. The number of aliphatic hydroxyl groups is 1. The van der Waals surface area contributed by atoms with Crippen molar-refractivity contribution >= 4 is 15.9 Å². The van der Waals surface area contributed by atoms with Crippen LogP contribution in [0.3, 0.4) is 0 Å². The van der Waals surface area contributed by atoms with Gasteiger partial charge in [0.05, 0.1) is 17.7 Å². The van der Waals surface area contributed by atoms with E-state index in [4.69, 9.17) is 14.6 Å². The Balaban J connectivity index is 2.72. The molecule has 0 radical (unpaired) electrons. The van der Waals surface area contributed by atoms with Gasteiger partial charge in [0.2, 0.25) is 0 Å². The highest BCUT2D eigenvalue weighted by Gasteiger charge is 2.27. The molecule has 0 atom stereocenters. The van der Waals surface area contributed by atoms with Crippen LogP contribution in [0.25, 0.3) is 0 Å². The molecule has 0 heterocycles. The van der Waals surface area contributed by atoms with Crippen molar-refractivity contribution < 1.29 is 32.5 Å². The molecule has 4 nitrogen and oxygen atoms in total. The van der Waals surface area contributed by atoms with Gasteiger partial charge in [-0.05, 0) is 40.5 Å². The number of aliphatic hydroxyl groups excluding tert-OH is 1. The SMILES string of the molecule is CCOc1cc(CO)cc(Br)c1OCOCC(F)(F)F. The quantitative estimate of drug-likeness (QED) is 0.600. The van der Waals surface area contributed by atoms with Gasteiger partial charge >= 0.3 is 6.18 Å². The van der Waals surface area contributed by atoms with Crippen LogP contribution in [-0.4, -0.2) is 31.3 Å². The Kier molecular flexibility index (Phi) is 6.57. The molecule has 8 heteroatoms. The van der Waals surface area contributed by atoms with Gasteiger partial charge in [-0.3, -0.25) is 0 Å². The maximum Gasteiger partial charge on any atom is 0.411 e. The van der Waals surface area contributed by atoms with E-state index in [1.807, 2.05) is 0 Å². The molecular formula is C12H14BrF3O4. The molecule has 0 spiro atoms. The van der Waals surface area contributed by atoms with Crippen LogP contribution in [0.2, 0.25) is 0 Å². The van der Waals surface area contributed by atoms with Crippen molar-refractivity contribution in [1.82, 2.24) is 0 Å². The molecule has 0 amide bonds. The number of rotatable bonds is 7. The van der Waals surface area contributed by atoms with Crippen LogP contribution in [0.15, 0.2) is 16.6 Å². The minimum Gasteiger partial charge on any atom is -0.490 e. The molecule has 0 aromatic heterocycles. The Morgan fingerprint density at radius 1 is 1.25 bits per heavy atom. The number of halogens is 4. The van der Waals surface area contributed by atoms with Gasteiger partial charge in [-0.1, -0.05) is 0 Å². The zero-order chi connectivity index (χ0) is 15.2. The zero-order valence-corrected chi connectivity index (χ0v) is 12.3. The first-order valence-corrected chi connectivity index (χ1v) is 6.50. The average Bonchev–Trinajstić information content (AvgIpc) is 2.35. The predicted octanol–water partition coefficient (Wildman–Crippen LogP) is 3.26. The van der Waals surface area contributed by atoms with E-state index in [9.17, 15) is 13.2 Å². The van der Waals surface area contributed by atoms with E-state index in [1.165, 1.54) is 0 Å². The van der Waals surface area contributed by atoms with Crippen LogP contribution in [-0.2, 0) is 11.3 Å². The zero-order valence-electron chi connectivity index (χ0n) is 10.7. The van der Waals surface area contributed by atoms with Gasteiger partial charge in [0.15, 0.2) is 18.3 Å². The first-order valence-electron chi connectivity index (χ1n) is 5.70. The van der Waals surface area contributed by atoms with E-state index in [0.717, 1.165) is 0 Å². The van der Waals surface area contributed by atoms with Gasteiger partial charge in [0.1, 0.15) is 6.61 Å². The predicted molar refractivity (Wildman–Crippen MR) is 68.7 cm³/mol. The molecule has 20 heavy (non-hydrogen) atoms. The number of alkyl halides is 3. The molecule has 0 aliphatic heterocycles. The summed E-state index contributed by atoms with van der Waals surface area (Å²) >= 11 is 3.21. The third-order valence-electron chi connectivity index (χ3n) is 2.10. The molecular weight excluding hydrogens is 345 g/mol. The largest absolute Gasteiger partial charge is 0.490 e. The summed E-state index contributed by atoms with van der Waals surface area (Å²) in [5, 5.41) is 9.08. The van der Waals surface area contributed by atoms with Gasteiger partial charge in [-0.25, -0.2) is 0 Å². The normalized spacial score (nSPS) is 11.5. The summed E-state index contributed by atoms with van der Waals surface area (Å²) < 4.78 is 51.0. The second-order valence-corrected chi connectivity index (χ2v) is 4.58. The van der Waals surface area contributed by atoms with Gasteiger partial charge < -0.3 is 19.3 Å². The Bertz CT molecular complexity index is 437. The first-order chi connectivity index (χ1) is 9.37. The number of hydrogen-bond acceptors (Lipinski definition) is 4. The maximum absolute atomic E-state index is 11.9. The standard InChI is InChI=1S/C12H14BrF3O4/c1-2-19-10-4-8(5-17)3-9(13)11(10)20-7-18-6-12(14,15)16/h3-4,17H,2,5-7H2,1H3. The molecule has 0 aliphatic rings. The van der Waals surface area contributed by atoms with Crippen molar-refractivity contribution in [1.29, 1.82) is 0 Å². The Hall–Kier alpha value is -0.990. The molecule has 0 saturated carbocycles. The van der Waals surface area contributed by atoms with Crippen molar-refractivity contribution in [2.45, 2.75) is 19.7 Å². The van der Waals surface area contributed by atoms with Crippen molar-refractivity contribution in [3.05, 3.63) is 22.2 Å². The summed E-state index contributed by atoms with van der Waals surface area (Å²) in [6, 6.07) is 3.13. The second-order valence-electron chi connectivity index (χ2n) is 3.72. The van der Waals surface area contributed by atoms with E-state index in [1.54, 1.807) is 19.1 Å². The molecule has 0 bridgehead atoms. The van der Waals surface area contributed by atoms with Crippen molar-refractivity contribution in [2.75, 3.05) is 20.0 Å². The van der Waals surface area contributed by atoms with Gasteiger partial charge in [0.25, 0.3) is 0 Å². The fourth-order valence-corrected chi connectivity index (χ4v) is 1.98. The summed E-state index contributed by atoms with van der Waals surface area (Å²) in [7, 11) is 0. The highest BCUT2D eigenvalue weighted by Crippen LogP contribution is 2.37. The van der Waals surface area contributed by atoms with Crippen molar-refractivity contribution in [2.24, 2.45) is 0 Å². The Morgan fingerprint density at radius 2 is 1.95 bits per heavy atom. The summed E-state index contributed by atoms with van der Waals surface area (Å²) in [6.45, 7) is -0.0337. The average molecular weight is 359 g/mol. The van der Waals surface area contributed by atoms with Crippen LogP contribution >= 0.6 is 15.9 Å². The molecule has 1 aromatic carbocycles. The highest BCUT2D eigenvalue weighted by atomic mass is 79.9. The summed E-state index contributed by atoms with van der Waals surface area (Å²) in [5.41, 5.74) is 0.587. The Labute approximate surface area is 122 Å². The van der Waals surface area contributed by atoms with Crippen LogP contribution in [0.4, 0.5) is 13.2 Å². The molecule has 0 unspecified atom stereocenters. The van der Waals surface area contributed by atoms with E-state index in [0.29, 0.717) is 22.4 Å². The van der Waals surface area contributed by atoms with Crippen LogP contribution < -0.4 is 9.47 Å². The Morgan fingerprint density at radius 3 is 2.50 bits per heavy atom. The molecule has 1 rings (SSSR count). The van der Waals surface area contributed by atoms with Gasteiger partial charge in [-0.15, -0.1) is 0 Å². The van der Waals surface area contributed by atoms with E-state index < -0.39 is 19.6 Å². The van der Waals surface area contributed by atoms with Crippen molar-refractivity contribution in [3.8, 4) is 11.5 Å². The number of benzene rings is 1. The third-order valence-corrected chi connectivity index (χ3v) is 2.69. The minimum absolute atomic E-state index is 0.191. The first kappa shape index (κ1) is 17.1. The number of hydrogen-bond donors (Lipinski definition) is 1. The molecule has 0 saturated heterocycles. The van der Waals surface area contributed by atoms with E-state index in [2.05, 4.69) is 20.7 Å². The molecule has 0 aliphatic carbocycles. The van der Waals surface area contributed by atoms with Crippen LogP contribution in [0, 0.1) is 0 Å². The van der Waals surface area contributed by atoms with Crippen molar-refractivity contribution in [3.63, 3.8) is 0 Å². The van der Waals surface area contributed by atoms with Gasteiger partial charge in [-0.2, -0.15) is 13.2 Å². The number of ether oxygens (including phenoxy) is 3.